The number of aliphatic hydroxyl groups is 1. The number of benzene rings is 1. The molecule has 1 aliphatic rings. The highest BCUT2D eigenvalue weighted by Gasteiger charge is 2.33. The van der Waals surface area contributed by atoms with Crippen molar-refractivity contribution in [1.29, 1.82) is 0 Å². The van der Waals surface area contributed by atoms with Gasteiger partial charge in [0.1, 0.15) is 5.75 Å². The molecule has 0 radical (unpaired) electrons. The van der Waals surface area contributed by atoms with E-state index in [0.29, 0.717) is 18.0 Å². The predicted molar refractivity (Wildman–Crippen MR) is 84.9 cm³/mol. The number of ether oxygens (including phenoxy) is 2. The van der Waals surface area contributed by atoms with E-state index in [9.17, 15) is 5.11 Å². The van der Waals surface area contributed by atoms with Crippen LogP contribution in [0.5, 0.6) is 5.75 Å². The van der Waals surface area contributed by atoms with E-state index in [0.717, 1.165) is 12.2 Å². The summed E-state index contributed by atoms with van der Waals surface area (Å²) < 4.78 is 11.6. The Labute approximate surface area is 126 Å². The van der Waals surface area contributed by atoms with Crippen LogP contribution in [0.15, 0.2) is 18.2 Å². The summed E-state index contributed by atoms with van der Waals surface area (Å²) >= 11 is 0. The van der Waals surface area contributed by atoms with E-state index in [1.807, 2.05) is 45.9 Å². The second-order valence-electron chi connectivity index (χ2n) is 6.45. The van der Waals surface area contributed by atoms with Gasteiger partial charge in [-0.25, -0.2) is 0 Å². The Hall–Kier alpha value is -1.46. The molecule has 0 bridgehead atoms. The van der Waals surface area contributed by atoms with Crippen LogP contribution in [-0.2, 0) is 4.74 Å². The number of hydrogen-bond acceptors (Lipinski definition) is 5. The molecule has 1 aromatic rings. The number of anilines is 2. The standard InChI is InChI=1S/C16H26N2O3/c1-11(2)20-15-7-12(5-6-14(15)17)18-8-13(9-19)21-16(3,4)10-18/h5-7,11,13,19H,8-10,17H2,1-4H3. The second-order valence-corrected chi connectivity index (χ2v) is 6.45. The second kappa shape index (κ2) is 6.12. The largest absolute Gasteiger partial charge is 0.489 e. The number of morpholine rings is 1. The molecular formula is C16H26N2O3. The van der Waals surface area contributed by atoms with Crippen LogP contribution < -0.4 is 15.4 Å². The van der Waals surface area contributed by atoms with Crippen LogP contribution in [0.1, 0.15) is 27.7 Å². The Balaban J connectivity index is 2.24. The topological polar surface area (TPSA) is 68.0 Å². The SMILES string of the molecule is CC(C)Oc1cc(N2CC(CO)OC(C)(C)C2)ccc1N. The lowest BCUT2D eigenvalue weighted by molar-refractivity contribution is -0.101. The molecule has 1 saturated heterocycles. The first kappa shape index (κ1) is 15.9. The van der Waals surface area contributed by atoms with E-state index >= 15 is 0 Å². The zero-order valence-corrected chi connectivity index (χ0v) is 13.3. The summed E-state index contributed by atoms with van der Waals surface area (Å²) in [7, 11) is 0. The van der Waals surface area contributed by atoms with E-state index in [-0.39, 0.29) is 24.4 Å². The molecule has 1 aromatic carbocycles. The van der Waals surface area contributed by atoms with E-state index in [4.69, 9.17) is 15.2 Å². The molecule has 1 unspecified atom stereocenters. The molecule has 1 atom stereocenters. The summed E-state index contributed by atoms with van der Waals surface area (Å²) in [5.41, 5.74) is 7.34. The highest BCUT2D eigenvalue weighted by Crippen LogP contribution is 2.32. The number of rotatable bonds is 4. The van der Waals surface area contributed by atoms with Crippen LogP contribution in [0, 0.1) is 0 Å². The van der Waals surface area contributed by atoms with Gasteiger partial charge in [0.05, 0.1) is 30.1 Å². The monoisotopic (exact) mass is 294 g/mol. The molecule has 2 rings (SSSR count). The third-order valence-corrected chi connectivity index (χ3v) is 3.41. The predicted octanol–water partition coefficient (Wildman–Crippen LogP) is 2.03. The number of nitrogens with zero attached hydrogens (tertiary/aromatic N) is 1. The molecule has 0 aromatic heterocycles. The van der Waals surface area contributed by atoms with Crippen molar-refractivity contribution in [3.8, 4) is 5.75 Å². The molecule has 0 saturated carbocycles. The van der Waals surface area contributed by atoms with Crippen LogP contribution in [0.4, 0.5) is 11.4 Å². The van der Waals surface area contributed by atoms with Gasteiger partial charge in [-0.3, -0.25) is 0 Å². The number of nitrogens with two attached hydrogens (primary N) is 1. The zero-order chi connectivity index (χ0) is 15.6. The first-order valence-corrected chi connectivity index (χ1v) is 7.40. The molecule has 21 heavy (non-hydrogen) atoms. The Kier molecular flexibility index (Phi) is 4.64. The first-order valence-electron chi connectivity index (χ1n) is 7.40. The van der Waals surface area contributed by atoms with Crippen LogP contribution >= 0.6 is 0 Å². The minimum atomic E-state index is -0.300. The maximum absolute atomic E-state index is 9.41. The molecule has 1 heterocycles. The lowest BCUT2D eigenvalue weighted by atomic mass is 10.0. The number of nitrogen functional groups attached to an aromatic ring is 1. The van der Waals surface area contributed by atoms with Gasteiger partial charge in [-0.05, 0) is 39.8 Å². The molecule has 1 aliphatic heterocycles. The van der Waals surface area contributed by atoms with Gasteiger partial charge in [-0.1, -0.05) is 0 Å². The van der Waals surface area contributed by atoms with Crippen molar-refractivity contribution >= 4 is 11.4 Å². The van der Waals surface area contributed by atoms with Gasteiger partial charge in [-0.2, -0.15) is 0 Å². The summed E-state index contributed by atoms with van der Waals surface area (Å²) in [6.45, 7) is 9.45. The molecule has 5 nitrogen and oxygen atoms in total. The summed E-state index contributed by atoms with van der Waals surface area (Å²) in [4.78, 5) is 2.21. The maximum atomic E-state index is 9.41. The molecule has 118 valence electrons. The molecule has 0 aliphatic carbocycles. The molecule has 1 fully saturated rings. The van der Waals surface area contributed by atoms with Crippen molar-refractivity contribution in [1.82, 2.24) is 0 Å². The molecule has 3 N–H and O–H groups in total. The number of aliphatic hydroxyl groups excluding tert-OH is 1. The Morgan fingerprint density at radius 1 is 1.48 bits per heavy atom. The van der Waals surface area contributed by atoms with Gasteiger partial charge in [0.15, 0.2) is 0 Å². The third-order valence-electron chi connectivity index (χ3n) is 3.41. The Morgan fingerprint density at radius 2 is 2.19 bits per heavy atom. The quantitative estimate of drug-likeness (QED) is 0.832. The number of hydrogen-bond donors (Lipinski definition) is 2. The minimum Gasteiger partial charge on any atom is -0.489 e. The summed E-state index contributed by atoms with van der Waals surface area (Å²) in [5, 5.41) is 9.41. The Morgan fingerprint density at radius 3 is 2.81 bits per heavy atom. The maximum Gasteiger partial charge on any atom is 0.144 e. The normalized spacial score (nSPS) is 21.6. The summed E-state index contributed by atoms with van der Waals surface area (Å²) in [5.74, 6) is 0.701. The van der Waals surface area contributed by atoms with Gasteiger partial charge in [0, 0.05) is 24.8 Å². The van der Waals surface area contributed by atoms with Crippen molar-refractivity contribution in [2.45, 2.75) is 45.5 Å². The average Bonchev–Trinajstić information content (AvgIpc) is 2.38. The summed E-state index contributed by atoms with van der Waals surface area (Å²) in [6, 6.07) is 5.81. The van der Waals surface area contributed by atoms with Crippen LogP contribution in [0.3, 0.4) is 0 Å². The van der Waals surface area contributed by atoms with Crippen molar-refractivity contribution in [3.05, 3.63) is 18.2 Å². The fraction of sp³-hybridized carbons (Fsp3) is 0.625. The molecule has 0 spiro atoms. The molecular weight excluding hydrogens is 268 g/mol. The highest BCUT2D eigenvalue weighted by molar-refractivity contribution is 5.62. The zero-order valence-electron chi connectivity index (χ0n) is 13.3. The van der Waals surface area contributed by atoms with Gasteiger partial charge < -0.3 is 25.2 Å². The van der Waals surface area contributed by atoms with E-state index < -0.39 is 0 Å². The fourth-order valence-electron chi connectivity index (χ4n) is 2.66. The van der Waals surface area contributed by atoms with Crippen LogP contribution in [0.2, 0.25) is 0 Å². The Bertz CT molecular complexity index is 488. The third kappa shape index (κ3) is 4.02. The van der Waals surface area contributed by atoms with E-state index in [1.165, 1.54) is 0 Å². The highest BCUT2D eigenvalue weighted by atomic mass is 16.5. The van der Waals surface area contributed by atoms with Crippen molar-refractivity contribution in [3.63, 3.8) is 0 Å². The van der Waals surface area contributed by atoms with Crippen molar-refractivity contribution in [2.75, 3.05) is 30.3 Å². The molecule has 5 heteroatoms. The van der Waals surface area contributed by atoms with Gasteiger partial charge in [-0.15, -0.1) is 0 Å². The molecule has 0 amide bonds. The minimum absolute atomic E-state index is 0.0181. The smallest absolute Gasteiger partial charge is 0.144 e. The van der Waals surface area contributed by atoms with Gasteiger partial charge in [0.25, 0.3) is 0 Å². The van der Waals surface area contributed by atoms with Crippen molar-refractivity contribution < 1.29 is 14.6 Å². The van der Waals surface area contributed by atoms with Gasteiger partial charge >= 0.3 is 0 Å². The fourth-order valence-corrected chi connectivity index (χ4v) is 2.66. The van der Waals surface area contributed by atoms with Gasteiger partial charge in [0.2, 0.25) is 0 Å². The van der Waals surface area contributed by atoms with Crippen molar-refractivity contribution in [2.24, 2.45) is 0 Å². The van der Waals surface area contributed by atoms with E-state index in [2.05, 4.69) is 4.90 Å². The average molecular weight is 294 g/mol. The van der Waals surface area contributed by atoms with Crippen LogP contribution in [-0.4, -0.2) is 42.6 Å². The lowest BCUT2D eigenvalue weighted by Crippen LogP contribution is -2.54. The van der Waals surface area contributed by atoms with E-state index in [1.54, 1.807) is 0 Å². The first-order chi connectivity index (χ1) is 9.80. The summed E-state index contributed by atoms with van der Waals surface area (Å²) in [6.07, 6.45) is -0.102. The lowest BCUT2D eigenvalue weighted by Gasteiger charge is -2.43. The van der Waals surface area contributed by atoms with Crippen LogP contribution in [0.25, 0.3) is 0 Å².